The van der Waals surface area contributed by atoms with E-state index in [1.165, 1.54) is 36.1 Å². The van der Waals surface area contributed by atoms with E-state index in [2.05, 4.69) is 48.7 Å². The molecule has 126 valence electrons. The Labute approximate surface area is 144 Å². The van der Waals surface area contributed by atoms with Crippen molar-refractivity contribution < 1.29 is 4.79 Å². The van der Waals surface area contributed by atoms with E-state index in [0.29, 0.717) is 5.92 Å². The molecule has 2 aliphatic rings. The van der Waals surface area contributed by atoms with Gasteiger partial charge >= 0.3 is 0 Å². The molecular weight excluding hydrogens is 304 g/mol. The number of amides is 1. The van der Waals surface area contributed by atoms with Crippen LogP contribution in [0, 0.1) is 18.8 Å². The number of benzene rings is 1. The van der Waals surface area contributed by atoms with Crippen LogP contribution in [0.3, 0.4) is 0 Å². The average molecular weight is 333 g/mol. The van der Waals surface area contributed by atoms with Gasteiger partial charge < -0.3 is 10.6 Å². The summed E-state index contributed by atoms with van der Waals surface area (Å²) >= 11 is 1.96. The highest BCUT2D eigenvalue weighted by Gasteiger charge is 2.36. The Hall–Kier alpha value is -1.00. The minimum Gasteiger partial charge on any atom is -0.354 e. The number of hydrogen-bond acceptors (Lipinski definition) is 3. The first-order chi connectivity index (χ1) is 11.1. The van der Waals surface area contributed by atoms with Gasteiger partial charge in [-0.05, 0) is 50.9 Å². The first-order valence-corrected chi connectivity index (χ1v) is 9.64. The first kappa shape index (κ1) is 16.8. The van der Waals surface area contributed by atoms with Crippen LogP contribution in [0.25, 0.3) is 0 Å². The van der Waals surface area contributed by atoms with Gasteiger partial charge in [0, 0.05) is 22.1 Å². The molecule has 0 spiro atoms. The highest BCUT2D eigenvalue weighted by Crippen LogP contribution is 2.45. The quantitative estimate of drug-likeness (QED) is 0.839. The minimum atomic E-state index is 0.124. The molecule has 1 saturated carbocycles. The third-order valence-electron chi connectivity index (χ3n) is 5.39. The lowest BCUT2D eigenvalue weighted by atomic mass is 9.88. The van der Waals surface area contributed by atoms with Crippen LogP contribution in [0.5, 0.6) is 0 Å². The van der Waals surface area contributed by atoms with Crippen LogP contribution in [-0.2, 0) is 4.79 Å². The van der Waals surface area contributed by atoms with Crippen molar-refractivity contribution >= 4 is 17.7 Å². The summed E-state index contributed by atoms with van der Waals surface area (Å²) in [5.41, 5.74) is 1.30. The molecule has 3 rings (SSSR count). The van der Waals surface area contributed by atoms with Gasteiger partial charge in [0.15, 0.2) is 0 Å². The molecule has 1 unspecified atom stereocenters. The molecule has 1 aliphatic carbocycles. The van der Waals surface area contributed by atoms with Gasteiger partial charge in [0.2, 0.25) is 5.91 Å². The normalized spacial score (nSPS) is 21.7. The Morgan fingerprint density at radius 2 is 1.96 bits per heavy atom. The molecule has 2 N–H and O–H groups in total. The molecule has 1 atom stereocenters. The van der Waals surface area contributed by atoms with Gasteiger partial charge in [0.05, 0.1) is 0 Å². The molecule has 23 heavy (non-hydrogen) atoms. The van der Waals surface area contributed by atoms with Crippen molar-refractivity contribution in [2.45, 2.75) is 49.2 Å². The zero-order chi connectivity index (χ0) is 16.3. The van der Waals surface area contributed by atoms with Gasteiger partial charge in [-0.2, -0.15) is 0 Å². The number of hydrogen-bond donors (Lipinski definition) is 2. The van der Waals surface area contributed by atoms with Crippen LogP contribution in [-0.4, -0.2) is 30.3 Å². The van der Waals surface area contributed by atoms with Crippen LogP contribution < -0.4 is 10.6 Å². The van der Waals surface area contributed by atoms with Crippen molar-refractivity contribution in [1.82, 2.24) is 10.6 Å². The maximum absolute atomic E-state index is 12.4. The fourth-order valence-electron chi connectivity index (χ4n) is 3.48. The van der Waals surface area contributed by atoms with E-state index >= 15 is 0 Å². The van der Waals surface area contributed by atoms with Crippen LogP contribution in [0.1, 0.15) is 38.2 Å². The fourth-order valence-corrected chi connectivity index (χ4v) is 4.89. The van der Waals surface area contributed by atoms with E-state index in [1.54, 1.807) is 0 Å². The van der Waals surface area contributed by atoms with Crippen LogP contribution in [0.4, 0.5) is 0 Å². The molecule has 1 aliphatic heterocycles. The van der Waals surface area contributed by atoms with Crippen molar-refractivity contribution in [3.05, 3.63) is 29.8 Å². The van der Waals surface area contributed by atoms with Crippen LogP contribution in [0.15, 0.2) is 29.2 Å². The molecule has 1 heterocycles. The lowest BCUT2D eigenvalue weighted by Crippen LogP contribution is -2.51. The van der Waals surface area contributed by atoms with Crippen molar-refractivity contribution in [1.29, 1.82) is 0 Å². The molecular formula is C19H28N2OS. The molecule has 0 radical (unpaired) electrons. The summed E-state index contributed by atoms with van der Waals surface area (Å²) in [4.78, 5) is 13.7. The zero-order valence-corrected chi connectivity index (χ0v) is 15.0. The van der Waals surface area contributed by atoms with Gasteiger partial charge in [-0.15, -0.1) is 11.8 Å². The number of carbonyl (C=O) groups is 1. The summed E-state index contributed by atoms with van der Waals surface area (Å²) < 4.78 is 0.183. The Kier molecular flexibility index (Phi) is 5.32. The number of nitrogens with one attached hydrogen (secondary N) is 2. The summed E-state index contributed by atoms with van der Waals surface area (Å²) in [5, 5.41) is 6.51. The van der Waals surface area contributed by atoms with Gasteiger partial charge in [-0.3, -0.25) is 4.79 Å². The summed E-state index contributed by atoms with van der Waals surface area (Å²) in [5.74, 6) is 0.866. The minimum absolute atomic E-state index is 0.124. The molecule has 1 amide bonds. The molecule has 3 nitrogen and oxygen atoms in total. The van der Waals surface area contributed by atoms with E-state index in [1.807, 2.05) is 11.8 Å². The van der Waals surface area contributed by atoms with E-state index in [4.69, 9.17) is 0 Å². The average Bonchev–Trinajstić information content (AvgIpc) is 2.94. The zero-order valence-electron chi connectivity index (χ0n) is 14.2. The third kappa shape index (κ3) is 4.10. The maximum atomic E-state index is 12.4. The summed E-state index contributed by atoms with van der Waals surface area (Å²) in [7, 11) is 0. The second-order valence-electron chi connectivity index (χ2n) is 7.23. The van der Waals surface area contributed by atoms with Crippen LogP contribution in [0.2, 0.25) is 0 Å². The van der Waals surface area contributed by atoms with Crippen molar-refractivity contribution in [3.8, 4) is 0 Å². The topological polar surface area (TPSA) is 41.1 Å². The predicted octanol–water partition coefficient (Wildman–Crippen LogP) is 3.37. The largest absolute Gasteiger partial charge is 0.354 e. The molecule has 0 aromatic heterocycles. The lowest BCUT2D eigenvalue weighted by Gasteiger charge is -2.33. The van der Waals surface area contributed by atoms with E-state index in [9.17, 15) is 4.79 Å². The summed E-state index contributed by atoms with van der Waals surface area (Å²) in [6.45, 7) is 6.95. The standard InChI is InChI=1S/C19H28N2OS/c1-14-5-7-17(8-6-14)23-19(9-3-4-10-19)13-21-18(22)15(2)16-11-20-12-16/h5-8,15-16,20H,3-4,9-13H2,1-2H3,(H,21,22). The summed E-state index contributed by atoms with van der Waals surface area (Å²) in [6, 6.07) is 8.78. The number of aryl methyl sites for hydroxylation is 1. The Morgan fingerprint density at radius 3 is 2.52 bits per heavy atom. The van der Waals surface area contributed by atoms with Gasteiger partial charge in [0.1, 0.15) is 0 Å². The predicted molar refractivity (Wildman–Crippen MR) is 96.8 cm³/mol. The highest BCUT2D eigenvalue weighted by molar-refractivity contribution is 8.00. The van der Waals surface area contributed by atoms with E-state index in [-0.39, 0.29) is 16.6 Å². The monoisotopic (exact) mass is 332 g/mol. The Balaban J connectivity index is 1.59. The van der Waals surface area contributed by atoms with Crippen LogP contribution >= 0.6 is 11.8 Å². The SMILES string of the molecule is Cc1ccc(SC2(CNC(=O)C(C)C3CNC3)CCCC2)cc1. The van der Waals surface area contributed by atoms with E-state index in [0.717, 1.165) is 19.6 Å². The Morgan fingerprint density at radius 1 is 1.30 bits per heavy atom. The molecule has 1 saturated heterocycles. The highest BCUT2D eigenvalue weighted by atomic mass is 32.2. The molecule has 4 heteroatoms. The first-order valence-electron chi connectivity index (χ1n) is 8.82. The van der Waals surface area contributed by atoms with E-state index < -0.39 is 0 Å². The van der Waals surface area contributed by atoms with Gasteiger partial charge in [-0.25, -0.2) is 0 Å². The van der Waals surface area contributed by atoms with Gasteiger partial charge in [-0.1, -0.05) is 37.5 Å². The van der Waals surface area contributed by atoms with Crippen molar-refractivity contribution in [2.24, 2.45) is 11.8 Å². The maximum Gasteiger partial charge on any atom is 0.223 e. The third-order valence-corrected chi connectivity index (χ3v) is 6.88. The molecule has 1 aromatic rings. The number of thioether (sulfide) groups is 1. The van der Waals surface area contributed by atoms with Crippen molar-refractivity contribution in [3.63, 3.8) is 0 Å². The second kappa shape index (κ2) is 7.27. The van der Waals surface area contributed by atoms with Crippen molar-refractivity contribution in [2.75, 3.05) is 19.6 Å². The molecule has 0 bridgehead atoms. The number of rotatable bonds is 6. The lowest BCUT2D eigenvalue weighted by molar-refractivity contribution is -0.126. The smallest absolute Gasteiger partial charge is 0.223 e. The summed E-state index contributed by atoms with van der Waals surface area (Å²) in [6.07, 6.45) is 4.95. The second-order valence-corrected chi connectivity index (χ2v) is 8.77. The molecule has 2 fully saturated rings. The van der Waals surface area contributed by atoms with Gasteiger partial charge in [0.25, 0.3) is 0 Å². The number of carbonyl (C=O) groups excluding carboxylic acids is 1. The molecule has 1 aromatic carbocycles. The fraction of sp³-hybridized carbons (Fsp3) is 0.632. The Bertz CT molecular complexity index is 533.